The van der Waals surface area contributed by atoms with Crippen LogP contribution < -0.4 is 10.6 Å². The van der Waals surface area contributed by atoms with Gasteiger partial charge in [0.1, 0.15) is 17.9 Å². The van der Waals surface area contributed by atoms with Gasteiger partial charge >= 0.3 is 0 Å². The highest BCUT2D eigenvalue weighted by Crippen LogP contribution is 2.22. The van der Waals surface area contributed by atoms with Gasteiger partial charge in [0.2, 0.25) is 11.8 Å². The first-order valence-corrected chi connectivity index (χ1v) is 11.3. The van der Waals surface area contributed by atoms with Gasteiger partial charge in [0.15, 0.2) is 5.82 Å². The van der Waals surface area contributed by atoms with Gasteiger partial charge < -0.3 is 25.0 Å². The van der Waals surface area contributed by atoms with Crippen molar-refractivity contribution < 1.29 is 24.0 Å². The van der Waals surface area contributed by atoms with Crippen LogP contribution in [0.2, 0.25) is 0 Å². The molecule has 0 fully saturated rings. The highest BCUT2D eigenvalue weighted by molar-refractivity contribution is 5.97. The lowest BCUT2D eigenvalue weighted by molar-refractivity contribution is -0.134. The molecular formula is C23H41N3O5. The molecule has 3 atom stereocenters. The summed E-state index contributed by atoms with van der Waals surface area (Å²) in [6, 6.07) is 0.982. The second-order valence-electron chi connectivity index (χ2n) is 9.37. The predicted molar refractivity (Wildman–Crippen MR) is 121 cm³/mol. The molecule has 3 N–H and O–H groups in total. The van der Waals surface area contributed by atoms with E-state index in [9.17, 15) is 14.7 Å². The fourth-order valence-corrected chi connectivity index (χ4v) is 3.22. The Morgan fingerprint density at radius 1 is 1.23 bits per heavy atom. The van der Waals surface area contributed by atoms with Gasteiger partial charge in [-0.1, -0.05) is 52.1 Å². The minimum Gasteiger partial charge on any atom is -0.383 e. The van der Waals surface area contributed by atoms with E-state index >= 15 is 0 Å². The Labute approximate surface area is 186 Å². The first-order chi connectivity index (χ1) is 14.5. The van der Waals surface area contributed by atoms with E-state index in [0.717, 1.165) is 25.7 Å². The second-order valence-corrected chi connectivity index (χ2v) is 9.37. The summed E-state index contributed by atoms with van der Waals surface area (Å²) in [7, 11) is 1.73. The summed E-state index contributed by atoms with van der Waals surface area (Å²) >= 11 is 0. The van der Waals surface area contributed by atoms with Gasteiger partial charge in [-0.2, -0.15) is 0 Å². The zero-order valence-corrected chi connectivity index (χ0v) is 20.2. The number of anilines is 1. The number of aliphatic hydroxyl groups is 1. The minimum atomic E-state index is -1.15. The molecular weight excluding hydrogens is 398 g/mol. The number of hydrogen-bond acceptors (Lipinski definition) is 6. The van der Waals surface area contributed by atoms with E-state index < -0.39 is 18.1 Å². The molecule has 0 aliphatic rings. The molecule has 0 saturated heterocycles. The van der Waals surface area contributed by atoms with Crippen LogP contribution in [0.3, 0.4) is 0 Å². The molecule has 0 spiro atoms. The maximum absolute atomic E-state index is 12.6. The van der Waals surface area contributed by atoms with Crippen molar-refractivity contribution in [2.75, 3.05) is 12.4 Å². The average Bonchev–Trinajstić information content (AvgIpc) is 3.13. The van der Waals surface area contributed by atoms with Crippen LogP contribution >= 0.6 is 0 Å². The number of carbonyl (C=O) groups excluding carboxylic acids is 2. The SMILES string of the molecule is CCCC(NC(=O)C(O)C(C)C)C(=O)Nc1cc(CC(C)CCCC(C)(C)OC)on1. The maximum Gasteiger partial charge on any atom is 0.249 e. The Kier molecular flexibility index (Phi) is 11.2. The van der Waals surface area contributed by atoms with Crippen molar-refractivity contribution in [2.24, 2.45) is 11.8 Å². The molecule has 0 aromatic carbocycles. The zero-order chi connectivity index (χ0) is 23.6. The molecule has 178 valence electrons. The van der Waals surface area contributed by atoms with E-state index in [2.05, 4.69) is 36.6 Å². The van der Waals surface area contributed by atoms with Gasteiger partial charge in [0, 0.05) is 19.6 Å². The molecule has 0 saturated carbocycles. The molecule has 0 aliphatic carbocycles. The van der Waals surface area contributed by atoms with Crippen LogP contribution in [0.1, 0.15) is 79.4 Å². The Bertz CT molecular complexity index is 687. The molecule has 8 heteroatoms. The molecule has 8 nitrogen and oxygen atoms in total. The summed E-state index contributed by atoms with van der Waals surface area (Å²) in [5, 5.41) is 19.2. The van der Waals surface area contributed by atoms with E-state index in [-0.39, 0.29) is 17.4 Å². The van der Waals surface area contributed by atoms with Crippen LogP contribution in [-0.2, 0) is 20.7 Å². The lowest BCUT2D eigenvalue weighted by Crippen LogP contribution is -2.48. The number of carbonyl (C=O) groups is 2. The van der Waals surface area contributed by atoms with Crippen molar-refractivity contribution >= 4 is 17.6 Å². The molecule has 2 amide bonds. The Hall–Kier alpha value is -1.93. The van der Waals surface area contributed by atoms with Gasteiger partial charge in [-0.25, -0.2) is 0 Å². The number of amides is 2. The van der Waals surface area contributed by atoms with Crippen molar-refractivity contribution in [3.8, 4) is 0 Å². The monoisotopic (exact) mass is 439 g/mol. The van der Waals surface area contributed by atoms with Crippen LogP contribution in [-0.4, -0.2) is 46.9 Å². The number of nitrogens with one attached hydrogen (secondary N) is 2. The van der Waals surface area contributed by atoms with Crippen LogP contribution in [0.4, 0.5) is 5.82 Å². The van der Waals surface area contributed by atoms with Crippen LogP contribution in [0.5, 0.6) is 0 Å². The summed E-state index contributed by atoms with van der Waals surface area (Å²) in [6.07, 6.45) is 3.83. The maximum atomic E-state index is 12.6. The topological polar surface area (TPSA) is 114 Å². The van der Waals surface area contributed by atoms with E-state index in [1.165, 1.54) is 0 Å². The van der Waals surface area contributed by atoms with Crippen molar-refractivity contribution in [1.82, 2.24) is 10.5 Å². The van der Waals surface area contributed by atoms with Crippen LogP contribution in [0.25, 0.3) is 0 Å². The van der Waals surface area contributed by atoms with Gasteiger partial charge in [0.05, 0.1) is 5.60 Å². The van der Waals surface area contributed by atoms with E-state index in [1.807, 2.05) is 6.92 Å². The third kappa shape index (κ3) is 9.82. The quantitative estimate of drug-likeness (QED) is 0.407. The third-order valence-electron chi connectivity index (χ3n) is 5.50. The Morgan fingerprint density at radius 3 is 2.48 bits per heavy atom. The smallest absolute Gasteiger partial charge is 0.249 e. The molecule has 1 rings (SSSR count). The summed E-state index contributed by atoms with van der Waals surface area (Å²) in [5.74, 6) is 0.295. The van der Waals surface area contributed by atoms with E-state index in [0.29, 0.717) is 30.3 Å². The fraction of sp³-hybridized carbons (Fsp3) is 0.783. The number of hydrogen-bond donors (Lipinski definition) is 3. The zero-order valence-electron chi connectivity index (χ0n) is 20.2. The predicted octanol–water partition coefficient (Wildman–Crippen LogP) is 3.69. The number of rotatable bonds is 14. The van der Waals surface area contributed by atoms with Gasteiger partial charge in [0.25, 0.3) is 0 Å². The van der Waals surface area contributed by atoms with Crippen LogP contribution in [0, 0.1) is 11.8 Å². The van der Waals surface area contributed by atoms with Crippen molar-refractivity contribution in [3.05, 3.63) is 11.8 Å². The van der Waals surface area contributed by atoms with Gasteiger partial charge in [-0.05, 0) is 38.5 Å². The van der Waals surface area contributed by atoms with Crippen molar-refractivity contribution in [3.63, 3.8) is 0 Å². The van der Waals surface area contributed by atoms with E-state index in [4.69, 9.17) is 9.26 Å². The first-order valence-electron chi connectivity index (χ1n) is 11.3. The Balaban J connectivity index is 2.58. The van der Waals surface area contributed by atoms with Crippen molar-refractivity contribution in [1.29, 1.82) is 0 Å². The molecule has 0 radical (unpaired) electrons. The summed E-state index contributed by atoms with van der Waals surface area (Å²) in [4.78, 5) is 24.8. The number of methoxy groups -OCH3 is 1. The van der Waals surface area contributed by atoms with Crippen molar-refractivity contribution in [2.45, 2.75) is 97.8 Å². The molecule has 1 aromatic rings. The molecule has 3 unspecified atom stereocenters. The number of aliphatic hydroxyl groups excluding tert-OH is 1. The number of ether oxygens (including phenoxy) is 1. The largest absolute Gasteiger partial charge is 0.383 e. The highest BCUT2D eigenvalue weighted by Gasteiger charge is 2.26. The van der Waals surface area contributed by atoms with Gasteiger partial charge in [-0.15, -0.1) is 0 Å². The second kappa shape index (κ2) is 12.8. The third-order valence-corrected chi connectivity index (χ3v) is 5.50. The normalized spacial score (nSPS) is 14.9. The molecule has 1 aromatic heterocycles. The highest BCUT2D eigenvalue weighted by atomic mass is 16.5. The molecule has 1 heterocycles. The molecule has 31 heavy (non-hydrogen) atoms. The lowest BCUT2D eigenvalue weighted by atomic mass is 9.94. The van der Waals surface area contributed by atoms with Crippen LogP contribution in [0.15, 0.2) is 10.6 Å². The average molecular weight is 440 g/mol. The standard InChI is InChI=1S/C23H41N3O5/c1-8-10-18(24-22(29)20(27)15(2)3)21(28)25-19-14-17(31-26-19)13-16(4)11-9-12-23(5,6)30-7/h14-16,18,20,27H,8-13H2,1-7H3,(H,24,29)(H,25,26,28). The Morgan fingerprint density at radius 2 is 1.90 bits per heavy atom. The van der Waals surface area contributed by atoms with E-state index in [1.54, 1.807) is 27.0 Å². The summed E-state index contributed by atoms with van der Waals surface area (Å²) in [6.45, 7) is 11.7. The molecule has 0 aliphatic heterocycles. The summed E-state index contributed by atoms with van der Waals surface area (Å²) < 4.78 is 10.8. The minimum absolute atomic E-state index is 0.112. The lowest BCUT2D eigenvalue weighted by Gasteiger charge is -2.23. The van der Waals surface area contributed by atoms with Gasteiger partial charge in [-0.3, -0.25) is 9.59 Å². The number of aromatic nitrogens is 1. The molecule has 0 bridgehead atoms. The number of nitrogens with zero attached hydrogens (tertiary/aromatic N) is 1. The first kappa shape index (κ1) is 27.1. The fourth-order valence-electron chi connectivity index (χ4n) is 3.22. The summed E-state index contributed by atoms with van der Waals surface area (Å²) in [5.41, 5.74) is -0.112.